The van der Waals surface area contributed by atoms with E-state index in [1.807, 2.05) is 30.5 Å². The number of carbonyl (C=O) groups is 3. The number of carboxylic acids is 1. The first-order chi connectivity index (χ1) is 21.2. The number of aliphatic hydroxyl groups excluding tert-OH is 1. The number of thiophene rings is 1. The monoisotopic (exact) mass is 612 g/mol. The predicted octanol–water partition coefficient (Wildman–Crippen LogP) is 4.63. The number of benzene rings is 2. The van der Waals surface area contributed by atoms with E-state index in [0.717, 1.165) is 40.0 Å². The Bertz CT molecular complexity index is 1800. The normalized spacial score (nSPS) is 14.4. The maximum absolute atomic E-state index is 14.0. The van der Waals surface area contributed by atoms with Crippen molar-refractivity contribution >= 4 is 34.8 Å². The van der Waals surface area contributed by atoms with Gasteiger partial charge in [0.05, 0.1) is 13.2 Å². The SMILES string of the molecule is Cc1cc(CN)ccc1NC(=O)c1cc2c(cc1-c1ccc(C(=O)NCC3(CO)CC3)nc1C(=O)O)OCCc1ccsc1-2. The quantitative estimate of drug-likeness (QED) is 0.183. The number of anilines is 1. The van der Waals surface area contributed by atoms with Crippen LogP contribution < -0.4 is 21.1 Å². The molecule has 4 aromatic rings. The summed E-state index contributed by atoms with van der Waals surface area (Å²) >= 11 is 1.55. The maximum Gasteiger partial charge on any atom is 0.355 e. The van der Waals surface area contributed by atoms with E-state index in [2.05, 4.69) is 15.6 Å². The fourth-order valence-corrected chi connectivity index (χ4v) is 6.38. The number of nitrogens with one attached hydrogen (secondary N) is 2. The molecule has 0 atom stereocenters. The lowest BCUT2D eigenvalue weighted by molar-refractivity contribution is 0.0691. The minimum Gasteiger partial charge on any atom is -0.493 e. The Balaban J connectivity index is 1.44. The van der Waals surface area contributed by atoms with Gasteiger partial charge in [-0.15, -0.1) is 11.3 Å². The number of nitrogens with zero attached hydrogens (tertiary/aromatic N) is 1. The number of fused-ring (bicyclic) bond motifs is 3. The number of nitrogens with two attached hydrogens (primary N) is 1. The van der Waals surface area contributed by atoms with Crippen LogP contribution in [0.1, 0.15) is 60.9 Å². The van der Waals surface area contributed by atoms with E-state index in [1.54, 1.807) is 29.5 Å². The van der Waals surface area contributed by atoms with Gasteiger partial charge >= 0.3 is 5.97 Å². The summed E-state index contributed by atoms with van der Waals surface area (Å²) in [4.78, 5) is 44.6. The van der Waals surface area contributed by atoms with Gasteiger partial charge in [0, 0.05) is 57.7 Å². The average molecular weight is 613 g/mol. The van der Waals surface area contributed by atoms with Crippen molar-refractivity contribution in [1.29, 1.82) is 0 Å². The molecule has 2 aromatic heterocycles. The van der Waals surface area contributed by atoms with Gasteiger partial charge in [0.1, 0.15) is 11.4 Å². The zero-order valence-corrected chi connectivity index (χ0v) is 24.9. The van der Waals surface area contributed by atoms with Crippen LogP contribution in [-0.4, -0.2) is 52.7 Å². The molecule has 0 saturated heterocycles. The second-order valence-corrected chi connectivity index (χ2v) is 12.2. The molecule has 0 radical (unpaired) electrons. The number of aliphatic hydroxyl groups is 1. The van der Waals surface area contributed by atoms with Crippen LogP contribution in [0.15, 0.2) is 53.9 Å². The Morgan fingerprint density at radius 1 is 1.05 bits per heavy atom. The molecule has 44 heavy (non-hydrogen) atoms. The third kappa shape index (κ3) is 5.69. The van der Waals surface area contributed by atoms with Crippen LogP contribution in [0.3, 0.4) is 0 Å². The van der Waals surface area contributed by atoms with Crippen LogP contribution in [0.4, 0.5) is 5.69 Å². The lowest BCUT2D eigenvalue weighted by Crippen LogP contribution is -2.32. The van der Waals surface area contributed by atoms with Gasteiger partial charge < -0.3 is 31.3 Å². The van der Waals surface area contributed by atoms with Gasteiger partial charge in [-0.05, 0) is 78.2 Å². The van der Waals surface area contributed by atoms with Gasteiger partial charge in [-0.3, -0.25) is 9.59 Å². The smallest absolute Gasteiger partial charge is 0.355 e. The molecule has 3 heterocycles. The van der Waals surface area contributed by atoms with E-state index in [-0.39, 0.29) is 41.1 Å². The molecule has 1 aliphatic carbocycles. The zero-order chi connectivity index (χ0) is 31.0. The number of rotatable bonds is 9. The number of aryl methyl sites for hydroxylation is 1. The molecule has 2 aromatic carbocycles. The fraction of sp³-hybridized carbons (Fsp3) is 0.273. The van der Waals surface area contributed by atoms with Gasteiger partial charge in [-0.1, -0.05) is 12.1 Å². The molecule has 10 nitrogen and oxygen atoms in total. The number of carbonyl (C=O) groups excluding carboxylic acids is 2. The van der Waals surface area contributed by atoms with Crippen LogP contribution in [0.25, 0.3) is 21.6 Å². The Kier molecular flexibility index (Phi) is 7.93. The lowest BCUT2D eigenvalue weighted by atomic mass is 9.93. The summed E-state index contributed by atoms with van der Waals surface area (Å²) in [5.74, 6) is -1.80. The van der Waals surface area contributed by atoms with Crippen molar-refractivity contribution in [2.24, 2.45) is 11.1 Å². The second-order valence-electron chi connectivity index (χ2n) is 11.3. The van der Waals surface area contributed by atoms with E-state index in [0.29, 0.717) is 36.6 Å². The van der Waals surface area contributed by atoms with Crippen molar-refractivity contribution in [1.82, 2.24) is 10.3 Å². The van der Waals surface area contributed by atoms with Crippen LogP contribution in [0, 0.1) is 12.3 Å². The number of aromatic carboxylic acids is 1. The Labute approximate surface area is 257 Å². The van der Waals surface area contributed by atoms with Crippen LogP contribution in [0.5, 0.6) is 5.75 Å². The first-order valence-corrected chi connectivity index (χ1v) is 15.2. The van der Waals surface area contributed by atoms with Gasteiger partial charge in [0.2, 0.25) is 0 Å². The highest BCUT2D eigenvalue weighted by atomic mass is 32.1. The molecule has 1 saturated carbocycles. The minimum atomic E-state index is -1.35. The Morgan fingerprint density at radius 2 is 1.86 bits per heavy atom. The maximum atomic E-state index is 14.0. The highest BCUT2D eigenvalue weighted by molar-refractivity contribution is 7.13. The summed E-state index contributed by atoms with van der Waals surface area (Å²) in [7, 11) is 0. The zero-order valence-electron chi connectivity index (χ0n) is 24.1. The molecule has 0 unspecified atom stereocenters. The highest BCUT2D eigenvalue weighted by Gasteiger charge is 2.42. The van der Waals surface area contributed by atoms with Crippen molar-refractivity contribution in [2.75, 3.05) is 25.1 Å². The molecule has 226 valence electrons. The molecule has 0 spiro atoms. The molecule has 2 amide bonds. The molecular weight excluding hydrogens is 580 g/mol. The molecule has 6 N–H and O–H groups in total. The topological polar surface area (TPSA) is 164 Å². The molecule has 1 aliphatic heterocycles. The third-order valence-corrected chi connectivity index (χ3v) is 9.29. The number of hydrogen-bond donors (Lipinski definition) is 5. The first kappa shape index (κ1) is 29.5. The Morgan fingerprint density at radius 3 is 2.57 bits per heavy atom. The van der Waals surface area contributed by atoms with Crippen molar-refractivity contribution in [3.05, 3.63) is 87.6 Å². The van der Waals surface area contributed by atoms with Crippen molar-refractivity contribution in [3.8, 4) is 27.3 Å². The van der Waals surface area contributed by atoms with Crippen molar-refractivity contribution in [2.45, 2.75) is 32.7 Å². The van der Waals surface area contributed by atoms with Gasteiger partial charge in [-0.25, -0.2) is 9.78 Å². The molecule has 0 bridgehead atoms. The average Bonchev–Trinajstić information content (AvgIpc) is 3.72. The fourth-order valence-electron chi connectivity index (χ4n) is 5.40. The lowest BCUT2D eigenvalue weighted by Gasteiger charge is -2.18. The Hall–Kier alpha value is -4.58. The number of amides is 2. The summed E-state index contributed by atoms with van der Waals surface area (Å²) in [6, 6.07) is 13.9. The molecule has 11 heteroatoms. The van der Waals surface area contributed by atoms with E-state index >= 15 is 0 Å². The van der Waals surface area contributed by atoms with E-state index in [4.69, 9.17) is 10.5 Å². The summed E-state index contributed by atoms with van der Waals surface area (Å²) in [5.41, 5.74) is 9.95. The van der Waals surface area contributed by atoms with Gasteiger partial charge in [-0.2, -0.15) is 0 Å². The summed E-state index contributed by atoms with van der Waals surface area (Å²) < 4.78 is 6.10. The van der Waals surface area contributed by atoms with Crippen molar-refractivity contribution in [3.63, 3.8) is 0 Å². The summed E-state index contributed by atoms with van der Waals surface area (Å²) in [6.45, 7) is 2.91. The van der Waals surface area contributed by atoms with E-state index in [9.17, 15) is 24.6 Å². The highest BCUT2D eigenvalue weighted by Crippen LogP contribution is 2.45. The second kappa shape index (κ2) is 11.8. The van der Waals surface area contributed by atoms with E-state index in [1.165, 1.54) is 12.1 Å². The van der Waals surface area contributed by atoms with Crippen LogP contribution in [0.2, 0.25) is 0 Å². The largest absolute Gasteiger partial charge is 0.493 e. The number of pyridine rings is 1. The molecule has 6 rings (SSSR count). The number of aromatic nitrogens is 1. The number of carboxylic acid groups (broad SMARTS) is 1. The van der Waals surface area contributed by atoms with Gasteiger partial charge in [0.15, 0.2) is 5.69 Å². The van der Waals surface area contributed by atoms with Crippen molar-refractivity contribution < 1.29 is 29.3 Å². The standard InChI is InChI=1S/C33H32N4O6S/c1-18-12-19(15-34)2-4-25(18)37-30(39)23-13-24-27(43-10-6-20-7-11-44-29(20)24)14-22(23)21-3-5-26(36-28(21)32(41)42)31(40)35-16-33(17-38)8-9-33/h2-5,7,11-14,38H,6,8-10,15-17,34H2,1H3,(H,35,40)(H,37,39)(H,41,42). The predicted molar refractivity (Wildman–Crippen MR) is 167 cm³/mol. The molecule has 1 fully saturated rings. The summed E-state index contributed by atoms with van der Waals surface area (Å²) in [6.07, 6.45) is 2.32. The minimum absolute atomic E-state index is 0.0328. The number of ether oxygens (including phenoxy) is 1. The molecular formula is C33H32N4O6S. The third-order valence-electron chi connectivity index (χ3n) is 8.30. The van der Waals surface area contributed by atoms with Crippen LogP contribution in [-0.2, 0) is 13.0 Å². The number of hydrogen-bond acceptors (Lipinski definition) is 8. The van der Waals surface area contributed by atoms with E-state index < -0.39 is 17.8 Å². The molecule has 2 aliphatic rings. The first-order valence-electron chi connectivity index (χ1n) is 14.3. The van der Waals surface area contributed by atoms with Gasteiger partial charge in [0.25, 0.3) is 11.8 Å². The van der Waals surface area contributed by atoms with Crippen LogP contribution >= 0.6 is 11.3 Å². The summed E-state index contributed by atoms with van der Waals surface area (Å²) in [5, 5.41) is 27.5.